The number of hydrogen-bond donors (Lipinski definition) is 3. The van der Waals surface area contributed by atoms with Gasteiger partial charge >= 0.3 is 0 Å². The van der Waals surface area contributed by atoms with Crippen LogP contribution in [0.15, 0.2) is 18.2 Å². The number of carbonyl (C=O) groups is 1. The maximum absolute atomic E-state index is 12.7. The minimum atomic E-state index is -0.985. The Kier molecular flexibility index (Phi) is 2.99. The summed E-state index contributed by atoms with van der Waals surface area (Å²) in [5.74, 6) is -1.63. The minimum absolute atomic E-state index is 0.00316. The Bertz CT molecular complexity index is 441. The molecule has 3 N–H and O–H groups in total. The van der Waals surface area contributed by atoms with E-state index in [1.165, 1.54) is 11.0 Å². The van der Waals surface area contributed by atoms with Crippen molar-refractivity contribution in [2.45, 2.75) is 12.2 Å². The molecule has 0 radical (unpaired) electrons. The van der Waals surface area contributed by atoms with Crippen LogP contribution in [0.5, 0.6) is 5.75 Å². The molecule has 1 aliphatic rings. The van der Waals surface area contributed by atoms with Crippen LogP contribution in [-0.2, 0) is 0 Å². The molecule has 2 rings (SSSR count). The van der Waals surface area contributed by atoms with Crippen LogP contribution in [-0.4, -0.2) is 51.4 Å². The Morgan fingerprint density at radius 3 is 2.41 bits per heavy atom. The Balaban J connectivity index is 2.20. The van der Waals surface area contributed by atoms with E-state index in [1.807, 2.05) is 0 Å². The summed E-state index contributed by atoms with van der Waals surface area (Å²) in [4.78, 5) is 13.1. The van der Waals surface area contributed by atoms with Crippen molar-refractivity contribution in [3.05, 3.63) is 29.6 Å². The first-order chi connectivity index (χ1) is 7.99. The molecule has 92 valence electrons. The fourth-order valence-electron chi connectivity index (χ4n) is 1.79. The van der Waals surface area contributed by atoms with Gasteiger partial charge in [-0.15, -0.1) is 0 Å². The summed E-state index contributed by atoms with van der Waals surface area (Å²) in [7, 11) is 0. The number of nitrogens with zero attached hydrogens (tertiary/aromatic N) is 1. The van der Waals surface area contributed by atoms with E-state index < -0.39 is 29.7 Å². The lowest BCUT2D eigenvalue weighted by Crippen LogP contribution is -2.29. The summed E-state index contributed by atoms with van der Waals surface area (Å²) in [6, 6.07) is 3.08. The second-order valence-corrected chi connectivity index (χ2v) is 4.01. The molecule has 1 fully saturated rings. The van der Waals surface area contributed by atoms with Crippen molar-refractivity contribution in [2.24, 2.45) is 0 Å². The SMILES string of the molecule is O=C(c1ccc(F)cc1O)N1CC(O)C(O)C1. The molecule has 1 amide bonds. The second-order valence-electron chi connectivity index (χ2n) is 4.01. The van der Waals surface area contributed by atoms with Crippen molar-refractivity contribution < 1.29 is 24.5 Å². The second kappa shape index (κ2) is 4.31. The molecular weight excluding hydrogens is 229 g/mol. The van der Waals surface area contributed by atoms with Crippen LogP contribution in [0.25, 0.3) is 0 Å². The minimum Gasteiger partial charge on any atom is -0.507 e. The van der Waals surface area contributed by atoms with E-state index in [2.05, 4.69) is 0 Å². The molecule has 0 spiro atoms. The van der Waals surface area contributed by atoms with Crippen LogP contribution in [0.1, 0.15) is 10.4 Å². The monoisotopic (exact) mass is 241 g/mol. The number of carbonyl (C=O) groups excluding carboxylic acids is 1. The van der Waals surface area contributed by atoms with Crippen LogP contribution in [0.2, 0.25) is 0 Å². The van der Waals surface area contributed by atoms with Gasteiger partial charge in [-0.05, 0) is 12.1 Å². The zero-order valence-electron chi connectivity index (χ0n) is 8.88. The molecule has 0 saturated carbocycles. The molecule has 2 atom stereocenters. The summed E-state index contributed by atoms with van der Waals surface area (Å²) < 4.78 is 12.7. The van der Waals surface area contributed by atoms with Crippen molar-refractivity contribution in [1.82, 2.24) is 4.90 Å². The van der Waals surface area contributed by atoms with Crippen molar-refractivity contribution in [3.8, 4) is 5.75 Å². The van der Waals surface area contributed by atoms with Gasteiger partial charge in [-0.3, -0.25) is 4.79 Å². The molecule has 17 heavy (non-hydrogen) atoms. The van der Waals surface area contributed by atoms with E-state index in [0.29, 0.717) is 0 Å². The quantitative estimate of drug-likeness (QED) is 0.631. The first kappa shape index (κ1) is 11.8. The van der Waals surface area contributed by atoms with E-state index in [0.717, 1.165) is 12.1 Å². The Labute approximate surface area is 96.7 Å². The Morgan fingerprint density at radius 1 is 1.29 bits per heavy atom. The predicted molar refractivity (Wildman–Crippen MR) is 56.0 cm³/mol. The fraction of sp³-hybridized carbons (Fsp3) is 0.364. The number of likely N-dealkylation sites (tertiary alicyclic amines) is 1. The average Bonchev–Trinajstić information content (AvgIpc) is 2.58. The Hall–Kier alpha value is -1.66. The number of aliphatic hydroxyl groups is 2. The third-order valence-electron chi connectivity index (χ3n) is 2.74. The molecule has 0 bridgehead atoms. The molecule has 5 nitrogen and oxygen atoms in total. The number of β-amino-alcohol motifs (C(OH)–C–C–N with tert-alkyl or cyclic N) is 2. The molecule has 1 heterocycles. The molecule has 1 aromatic carbocycles. The van der Waals surface area contributed by atoms with Gasteiger partial charge in [0.25, 0.3) is 5.91 Å². The molecule has 0 aliphatic carbocycles. The van der Waals surface area contributed by atoms with Gasteiger partial charge in [0, 0.05) is 19.2 Å². The van der Waals surface area contributed by atoms with E-state index in [1.54, 1.807) is 0 Å². The number of rotatable bonds is 1. The number of phenolic OH excluding ortho intramolecular Hbond substituents is 1. The first-order valence-corrected chi connectivity index (χ1v) is 5.13. The van der Waals surface area contributed by atoms with E-state index >= 15 is 0 Å². The van der Waals surface area contributed by atoms with Gasteiger partial charge in [0.1, 0.15) is 11.6 Å². The standard InChI is InChI=1S/C11H12FNO4/c12-6-1-2-7(8(14)3-6)11(17)13-4-9(15)10(16)5-13/h1-3,9-10,14-16H,4-5H2. The van der Waals surface area contributed by atoms with Gasteiger partial charge in [0.2, 0.25) is 0 Å². The maximum Gasteiger partial charge on any atom is 0.257 e. The third kappa shape index (κ3) is 2.22. The smallest absolute Gasteiger partial charge is 0.257 e. The lowest BCUT2D eigenvalue weighted by molar-refractivity contribution is 0.0572. The number of amides is 1. The number of aromatic hydroxyl groups is 1. The van der Waals surface area contributed by atoms with Crippen LogP contribution in [0, 0.1) is 5.82 Å². The fourth-order valence-corrected chi connectivity index (χ4v) is 1.79. The first-order valence-electron chi connectivity index (χ1n) is 5.13. The van der Waals surface area contributed by atoms with Crippen molar-refractivity contribution in [1.29, 1.82) is 0 Å². The van der Waals surface area contributed by atoms with Crippen molar-refractivity contribution in [2.75, 3.05) is 13.1 Å². The predicted octanol–water partition coefficient (Wildman–Crippen LogP) is -0.291. The maximum atomic E-state index is 12.7. The summed E-state index contributed by atoms with van der Waals surface area (Å²) in [6.07, 6.45) is -1.97. The molecule has 6 heteroatoms. The average molecular weight is 241 g/mol. The summed E-state index contributed by atoms with van der Waals surface area (Å²) >= 11 is 0. The zero-order valence-corrected chi connectivity index (χ0v) is 8.88. The van der Waals surface area contributed by atoms with Gasteiger partial charge in [0.05, 0.1) is 17.8 Å². The molecule has 1 aliphatic heterocycles. The molecule has 2 unspecified atom stereocenters. The van der Waals surface area contributed by atoms with E-state index in [4.69, 9.17) is 0 Å². The van der Waals surface area contributed by atoms with Gasteiger partial charge in [-0.1, -0.05) is 0 Å². The molecule has 1 saturated heterocycles. The molecule has 0 aromatic heterocycles. The lowest BCUT2D eigenvalue weighted by atomic mass is 10.1. The van der Waals surface area contributed by atoms with Gasteiger partial charge in [-0.2, -0.15) is 0 Å². The highest BCUT2D eigenvalue weighted by atomic mass is 19.1. The van der Waals surface area contributed by atoms with Gasteiger partial charge < -0.3 is 20.2 Å². The zero-order chi connectivity index (χ0) is 12.6. The highest BCUT2D eigenvalue weighted by Gasteiger charge is 2.33. The lowest BCUT2D eigenvalue weighted by Gasteiger charge is -2.15. The highest BCUT2D eigenvalue weighted by molar-refractivity contribution is 5.97. The molecular formula is C11H12FNO4. The number of phenols is 1. The highest BCUT2D eigenvalue weighted by Crippen LogP contribution is 2.22. The third-order valence-corrected chi connectivity index (χ3v) is 2.74. The summed E-state index contributed by atoms with van der Waals surface area (Å²) in [5.41, 5.74) is -0.0484. The van der Waals surface area contributed by atoms with Crippen LogP contribution < -0.4 is 0 Å². The van der Waals surface area contributed by atoms with E-state index in [9.17, 15) is 24.5 Å². The van der Waals surface area contributed by atoms with Gasteiger partial charge in [-0.25, -0.2) is 4.39 Å². The van der Waals surface area contributed by atoms with Crippen molar-refractivity contribution in [3.63, 3.8) is 0 Å². The number of aliphatic hydroxyl groups excluding tert-OH is 2. The number of hydrogen-bond acceptors (Lipinski definition) is 4. The molecule has 1 aromatic rings. The topological polar surface area (TPSA) is 81.0 Å². The number of halogens is 1. The summed E-state index contributed by atoms with van der Waals surface area (Å²) in [6.45, 7) is -0.00632. The number of benzene rings is 1. The van der Waals surface area contributed by atoms with Crippen LogP contribution in [0.4, 0.5) is 4.39 Å². The van der Waals surface area contributed by atoms with Crippen molar-refractivity contribution >= 4 is 5.91 Å². The van der Waals surface area contributed by atoms with Crippen LogP contribution in [0.3, 0.4) is 0 Å². The summed E-state index contributed by atoms with van der Waals surface area (Å²) in [5, 5.41) is 28.1. The largest absolute Gasteiger partial charge is 0.507 e. The normalized spacial score (nSPS) is 24.1. The van der Waals surface area contributed by atoms with E-state index in [-0.39, 0.29) is 18.7 Å². The van der Waals surface area contributed by atoms with Crippen LogP contribution >= 0.6 is 0 Å². The Morgan fingerprint density at radius 2 is 1.88 bits per heavy atom. The van der Waals surface area contributed by atoms with Gasteiger partial charge in [0.15, 0.2) is 0 Å².